The van der Waals surface area contributed by atoms with Gasteiger partial charge in [0.05, 0.1) is 24.7 Å². The van der Waals surface area contributed by atoms with Gasteiger partial charge in [0.15, 0.2) is 5.69 Å². The Labute approximate surface area is 156 Å². The molecule has 0 bridgehead atoms. The van der Waals surface area contributed by atoms with E-state index in [9.17, 15) is 9.59 Å². The van der Waals surface area contributed by atoms with Crippen LogP contribution in [0.15, 0.2) is 48.7 Å². The van der Waals surface area contributed by atoms with Gasteiger partial charge in [-0.25, -0.2) is 4.68 Å². The zero-order valence-electron chi connectivity index (χ0n) is 15.2. The Bertz CT molecular complexity index is 979. The third kappa shape index (κ3) is 4.30. The highest BCUT2D eigenvalue weighted by Crippen LogP contribution is 2.28. The molecule has 1 heterocycles. The first-order valence-electron chi connectivity index (χ1n) is 8.22. The number of aromatic nitrogens is 3. The molecule has 0 aliphatic heterocycles. The lowest BCUT2D eigenvalue weighted by Gasteiger charge is -2.11. The van der Waals surface area contributed by atoms with Crippen molar-refractivity contribution < 1.29 is 14.3 Å². The fourth-order valence-electron chi connectivity index (χ4n) is 2.46. The van der Waals surface area contributed by atoms with Crippen molar-refractivity contribution in [2.75, 3.05) is 17.7 Å². The van der Waals surface area contributed by atoms with Gasteiger partial charge in [-0.05, 0) is 37.3 Å². The SMILES string of the molecule is COc1ccc(NC(C)=O)cc1NC(=O)c1cn(-c2ccc(C)cc2)nn1. The van der Waals surface area contributed by atoms with Crippen LogP contribution in [-0.2, 0) is 4.79 Å². The fraction of sp³-hybridized carbons (Fsp3) is 0.158. The number of anilines is 2. The van der Waals surface area contributed by atoms with Gasteiger partial charge in [-0.15, -0.1) is 5.10 Å². The van der Waals surface area contributed by atoms with Gasteiger partial charge in [-0.3, -0.25) is 9.59 Å². The normalized spacial score (nSPS) is 10.3. The van der Waals surface area contributed by atoms with Crippen molar-refractivity contribution in [3.8, 4) is 11.4 Å². The molecule has 0 aliphatic rings. The second kappa shape index (κ2) is 7.69. The molecule has 0 radical (unpaired) electrons. The van der Waals surface area contributed by atoms with Crippen LogP contribution in [0.3, 0.4) is 0 Å². The molecule has 0 aliphatic carbocycles. The topological polar surface area (TPSA) is 98.1 Å². The van der Waals surface area contributed by atoms with Crippen molar-refractivity contribution in [3.05, 3.63) is 59.9 Å². The van der Waals surface area contributed by atoms with Crippen LogP contribution in [0, 0.1) is 6.92 Å². The molecule has 0 unspecified atom stereocenters. The molecule has 0 atom stereocenters. The van der Waals surface area contributed by atoms with Crippen molar-refractivity contribution in [1.29, 1.82) is 0 Å². The molecule has 2 amide bonds. The maximum atomic E-state index is 12.5. The quantitative estimate of drug-likeness (QED) is 0.724. The fourth-order valence-corrected chi connectivity index (χ4v) is 2.46. The van der Waals surface area contributed by atoms with E-state index in [1.54, 1.807) is 24.4 Å². The van der Waals surface area contributed by atoms with E-state index in [1.165, 1.54) is 18.7 Å². The molecule has 0 fully saturated rings. The first-order valence-corrected chi connectivity index (χ1v) is 8.22. The van der Waals surface area contributed by atoms with Gasteiger partial charge in [0.2, 0.25) is 5.91 Å². The van der Waals surface area contributed by atoms with Crippen LogP contribution in [0.2, 0.25) is 0 Å². The Morgan fingerprint density at radius 2 is 1.81 bits per heavy atom. The lowest BCUT2D eigenvalue weighted by molar-refractivity contribution is -0.114. The Kier molecular flexibility index (Phi) is 5.16. The van der Waals surface area contributed by atoms with Crippen molar-refractivity contribution in [1.82, 2.24) is 15.0 Å². The Hall–Kier alpha value is -3.68. The Morgan fingerprint density at radius 3 is 2.48 bits per heavy atom. The average Bonchev–Trinajstić information content (AvgIpc) is 3.12. The van der Waals surface area contributed by atoms with Gasteiger partial charge in [0.25, 0.3) is 5.91 Å². The number of carbonyl (C=O) groups excluding carboxylic acids is 2. The van der Waals surface area contributed by atoms with Crippen LogP contribution in [0.25, 0.3) is 5.69 Å². The maximum Gasteiger partial charge on any atom is 0.277 e. The van der Waals surface area contributed by atoms with Crippen LogP contribution in [-0.4, -0.2) is 33.9 Å². The summed E-state index contributed by atoms with van der Waals surface area (Å²) in [6, 6.07) is 12.7. The summed E-state index contributed by atoms with van der Waals surface area (Å²) >= 11 is 0. The molecule has 3 rings (SSSR count). The van der Waals surface area contributed by atoms with Crippen LogP contribution in [0.5, 0.6) is 5.75 Å². The standard InChI is InChI=1S/C19H19N5O3/c1-12-4-7-15(8-5-12)24-11-17(22-23-24)19(26)21-16-10-14(20-13(2)25)6-9-18(16)27-3/h4-11H,1-3H3,(H,20,25)(H,21,26). The summed E-state index contributed by atoms with van der Waals surface area (Å²) in [5.74, 6) is -0.187. The monoisotopic (exact) mass is 365 g/mol. The second-order valence-electron chi connectivity index (χ2n) is 5.93. The summed E-state index contributed by atoms with van der Waals surface area (Å²) in [4.78, 5) is 23.8. The second-order valence-corrected chi connectivity index (χ2v) is 5.93. The van der Waals surface area contributed by atoms with Crippen molar-refractivity contribution in [2.24, 2.45) is 0 Å². The number of hydrogen-bond acceptors (Lipinski definition) is 5. The highest BCUT2D eigenvalue weighted by atomic mass is 16.5. The number of ether oxygens (including phenoxy) is 1. The number of amides is 2. The molecule has 2 N–H and O–H groups in total. The number of benzene rings is 2. The average molecular weight is 365 g/mol. The van der Waals surface area contributed by atoms with E-state index in [-0.39, 0.29) is 11.6 Å². The van der Waals surface area contributed by atoms with Gasteiger partial charge in [-0.2, -0.15) is 0 Å². The smallest absolute Gasteiger partial charge is 0.277 e. The third-order valence-corrected chi connectivity index (χ3v) is 3.79. The molecule has 3 aromatic rings. The number of hydrogen-bond donors (Lipinski definition) is 2. The summed E-state index contributed by atoms with van der Waals surface area (Å²) in [6.45, 7) is 3.40. The van der Waals surface area contributed by atoms with Gasteiger partial charge >= 0.3 is 0 Å². The molecule has 0 saturated heterocycles. The molecule has 8 heteroatoms. The number of methoxy groups -OCH3 is 1. The Balaban J connectivity index is 1.81. The number of aryl methyl sites for hydroxylation is 1. The van der Waals surface area contributed by atoms with Crippen molar-refractivity contribution in [2.45, 2.75) is 13.8 Å². The van der Waals surface area contributed by atoms with Gasteiger partial charge in [-0.1, -0.05) is 22.9 Å². The number of nitrogens with zero attached hydrogens (tertiary/aromatic N) is 3. The summed E-state index contributed by atoms with van der Waals surface area (Å²) in [7, 11) is 1.50. The van der Waals surface area contributed by atoms with Crippen molar-refractivity contribution >= 4 is 23.2 Å². The van der Waals surface area contributed by atoms with Crippen LogP contribution >= 0.6 is 0 Å². The molecule has 0 spiro atoms. The summed E-state index contributed by atoms with van der Waals surface area (Å²) in [5.41, 5.74) is 3.04. The summed E-state index contributed by atoms with van der Waals surface area (Å²) < 4.78 is 6.79. The first kappa shape index (κ1) is 18.1. The maximum absolute atomic E-state index is 12.5. The zero-order chi connectivity index (χ0) is 19.4. The molecule has 27 heavy (non-hydrogen) atoms. The van der Waals surface area contributed by atoms with Gasteiger partial charge in [0, 0.05) is 12.6 Å². The number of nitrogens with one attached hydrogen (secondary N) is 2. The largest absolute Gasteiger partial charge is 0.495 e. The van der Waals surface area contributed by atoms with E-state index in [4.69, 9.17) is 4.74 Å². The molecular weight excluding hydrogens is 346 g/mol. The summed E-state index contributed by atoms with van der Waals surface area (Å²) in [6.07, 6.45) is 1.55. The predicted octanol–water partition coefficient (Wildman–Crippen LogP) is 2.80. The summed E-state index contributed by atoms with van der Waals surface area (Å²) in [5, 5.41) is 13.3. The van der Waals surface area contributed by atoms with E-state index >= 15 is 0 Å². The van der Waals surface area contributed by atoms with E-state index in [2.05, 4.69) is 20.9 Å². The molecule has 1 aromatic heterocycles. The van der Waals surface area contributed by atoms with Gasteiger partial charge in [0.1, 0.15) is 5.75 Å². The zero-order valence-corrected chi connectivity index (χ0v) is 15.2. The number of carbonyl (C=O) groups is 2. The minimum Gasteiger partial charge on any atom is -0.495 e. The van der Waals surface area contributed by atoms with Crippen LogP contribution in [0.4, 0.5) is 11.4 Å². The highest BCUT2D eigenvalue weighted by Gasteiger charge is 2.15. The minimum absolute atomic E-state index is 0.155. The number of rotatable bonds is 5. The predicted molar refractivity (Wildman–Crippen MR) is 101 cm³/mol. The molecule has 138 valence electrons. The van der Waals surface area contributed by atoms with Crippen LogP contribution < -0.4 is 15.4 Å². The minimum atomic E-state index is -0.438. The molecule has 8 nitrogen and oxygen atoms in total. The van der Waals surface area contributed by atoms with E-state index in [1.807, 2.05) is 31.2 Å². The lowest BCUT2D eigenvalue weighted by Crippen LogP contribution is -2.14. The van der Waals surface area contributed by atoms with E-state index in [0.717, 1.165) is 11.3 Å². The van der Waals surface area contributed by atoms with Crippen LogP contribution in [0.1, 0.15) is 23.0 Å². The van der Waals surface area contributed by atoms with Crippen molar-refractivity contribution in [3.63, 3.8) is 0 Å². The Morgan fingerprint density at radius 1 is 1.07 bits per heavy atom. The molecule has 0 saturated carbocycles. The third-order valence-electron chi connectivity index (χ3n) is 3.79. The molecular formula is C19H19N5O3. The van der Waals surface area contributed by atoms with E-state index < -0.39 is 5.91 Å². The van der Waals surface area contributed by atoms with Gasteiger partial charge < -0.3 is 15.4 Å². The van der Waals surface area contributed by atoms with E-state index in [0.29, 0.717) is 17.1 Å². The highest BCUT2D eigenvalue weighted by molar-refractivity contribution is 6.04. The lowest BCUT2D eigenvalue weighted by atomic mass is 10.2. The first-order chi connectivity index (χ1) is 13.0. The molecule has 2 aromatic carbocycles.